The Balaban J connectivity index is 1.75. The Hall–Kier alpha value is -1.03. The Labute approximate surface area is 115 Å². The molecule has 2 amide bonds. The van der Waals surface area contributed by atoms with E-state index in [9.17, 15) is 4.79 Å². The molecule has 0 aliphatic heterocycles. The van der Waals surface area contributed by atoms with E-state index in [0.717, 1.165) is 12.3 Å². The molecule has 4 heteroatoms. The normalized spacial score (nSPS) is 26.8. The van der Waals surface area contributed by atoms with E-state index in [2.05, 4.69) is 11.9 Å². The molecule has 0 radical (unpaired) electrons. The highest BCUT2D eigenvalue weighted by molar-refractivity contribution is 5.75. The molecule has 0 aromatic rings. The smallest absolute Gasteiger partial charge is 0.317 e. The molecule has 2 aliphatic rings. The Kier molecular flexibility index (Phi) is 5.25. The minimum absolute atomic E-state index is 0.00200. The first-order chi connectivity index (χ1) is 9.26. The van der Waals surface area contributed by atoms with Crippen LogP contribution in [0.5, 0.6) is 0 Å². The van der Waals surface area contributed by atoms with Gasteiger partial charge in [-0.05, 0) is 18.3 Å². The van der Waals surface area contributed by atoms with Gasteiger partial charge in [0, 0.05) is 19.1 Å². The number of hydrogen-bond donors (Lipinski definition) is 2. The van der Waals surface area contributed by atoms with Gasteiger partial charge in [0.15, 0.2) is 0 Å². The van der Waals surface area contributed by atoms with Gasteiger partial charge in [-0.2, -0.15) is 0 Å². The highest BCUT2D eigenvalue weighted by Gasteiger charge is 2.44. The summed E-state index contributed by atoms with van der Waals surface area (Å²) >= 11 is 0. The fourth-order valence-corrected chi connectivity index (χ4v) is 3.27. The monoisotopic (exact) mass is 266 g/mol. The summed E-state index contributed by atoms with van der Waals surface area (Å²) in [6.07, 6.45) is 9.60. The Morgan fingerprint density at radius 3 is 2.74 bits per heavy atom. The SMILES string of the molecule is C=CCN(CCO)C(=O)N[C@@H]1C[C@@H]1C1CCCCC1. The molecule has 4 nitrogen and oxygen atoms in total. The second kappa shape index (κ2) is 6.94. The third kappa shape index (κ3) is 3.96. The van der Waals surface area contributed by atoms with Crippen molar-refractivity contribution in [2.24, 2.45) is 11.8 Å². The van der Waals surface area contributed by atoms with Crippen LogP contribution < -0.4 is 5.32 Å². The highest BCUT2D eigenvalue weighted by Crippen LogP contribution is 2.44. The van der Waals surface area contributed by atoms with Crippen molar-refractivity contribution in [1.82, 2.24) is 10.2 Å². The molecular formula is C15H26N2O2. The lowest BCUT2D eigenvalue weighted by Gasteiger charge is -2.23. The number of urea groups is 1. The largest absolute Gasteiger partial charge is 0.395 e. The van der Waals surface area contributed by atoms with Gasteiger partial charge in [0.1, 0.15) is 0 Å². The first kappa shape index (κ1) is 14.4. The molecule has 0 saturated heterocycles. The van der Waals surface area contributed by atoms with Gasteiger partial charge < -0.3 is 15.3 Å². The van der Waals surface area contributed by atoms with Crippen molar-refractivity contribution in [2.45, 2.75) is 44.6 Å². The van der Waals surface area contributed by atoms with Crippen LogP contribution in [0.2, 0.25) is 0 Å². The summed E-state index contributed by atoms with van der Waals surface area (Å²) in [5, 5.41) is 12.1. The first-order valence-electron chi connectivity index (χ1n) is 7.53. The van der Waals surface area contributed by atoms with Gasteiger partial charge in [-0.25, -0.2) is 4.79 Å². The number of carbonyl (C=O) groups excluding carboxylic acids is 1. The average molecular weight is 266 g/mol. The maximum Gasteiger partial charge on any atom is 0.317 e. The Morgan fingerprint density at radius 1 is 1.37 bits per heavy atom. The van der Waals surface area contributed by atoms with Crippen LogP contribution in [0.15, 0.2) is 12.7 Å². The quantitative estimate of drug-likeness (QED) is 0.724. The molecule has 0 aromatic heterocycles. The minimum Gasteiger partial charge on any atom is -0.395 e. The van der Waals surface area contributed by atoms with Gasteiger partial charge in [-0.3, -0.25) is 0 Å². The maximum atomic E-state index is 12.1. The highest BCUT2D eigenvalue weighted by atomic mass is 16.3. The molecule has 0 spiro atoms. The molecule has 0 unspecified atom stereocenters. The number of amides is 2. The van der Waals surface area contributed by atoms with Crippen LogP contribution in [0.4, 0.5) is 4.79 Å². The van der Waals surface area contributed by atoms with Crippen molar-refractivity contribution in [1.29, 1.82) is 0 Å². The second-order valence-corrected chi connectivity index (χ2v) is 5.81. The van der Waals surface area contributed by atoms with Gasteiger partial charge in [-0.15, -0.1) is 6.58 Å². The third-order valence-electron chi connectivity index (χ3n) is 4.41. The van der Waals surface area contributed by atoms with Crippen LogP contribution in [-0.4, -0.2) is 41.8 Å². The summed E-state index contributed by atoms with van der Waals surface area (Å²) in [4.78, 5) is 13.7. The number of aliphatic hydroxyl groups excluding tert-OH is 1. The van der Waals surface area contributed by atoms with E-state index in [0.29, 0.717) is 25.0 Å². The number of nitrogens with zero attached hydrogens (tertiary/aromatic N) is 1. The lowest BCUT2D eigenvalue weighted by atomic mass is 9.85. The van der Waals surface area contributed by atoms with E-state index < -0.39 is 0 Å². The van der Waals surface area contributed by atoms with Crippen molar-refractivity contribution < 1.29 is 9.90 Å². The molecule has 2 fully saturated rings. The van der Waals surface area contributed by atoms with Crippen LogP contribution in [0.1, 0.15) is 38.5 Å². The van der Waals surface area contributed by atoms with E-state index in [-0.39, 0.29) is 12.6 Å². The first-order valence-corrected chi connectivity index (χ1v) is 7.53. The fraction of sp³-hybridized carbons (Fsp3) is 0.800. The lowest BCUT2D eigenvalue weighted by molar-refractivity contribution is 0.182. The molecule has 108 valence electrons. The van der Waals surface area contributed by atoms with Crippen LogP contribution in [0.3, 0.4) is 0 Å². The zero-order valence-corrected chi connectivity index (χ0v) is 11.7. The summed E-state index contributed by atoms with van der Waals surface area (Å²) in [5.74, 6) is 1.52. The number of carbonyl (C=O) groups is 1. The van der Waals surface area contributed by atoms with Crippen molar-refractivity contribution in [2.75, 3.05) is 19.7 Å². The molecule has 0 aromatic carbocycles. The van der Waals surface area contributed by atoms with Crippen LogP contribution in [-0.2, 0) is 0 Å². The molecule has 2 atom stereocenters. The molecular weight excluding hydrogens is 240 g/mol. The van der Waals surface area contributed by atoms with Crippen molar-refractivity contribution in [3.8, 4) is 0 Å². The van der Waals surface area contributed by atoms with Crippen molar-refractivity contribution in [3.63, 3.8) is 0 Å². The summed E-state index contributed by atoms with van der Waals surface area (Å²) in [6, 6.07) is 0.305. The van der Waals surface area contributed by atoms with E-state index in [1.165, 1.54) is 32.1 Å². The molecule has 19 heavy (non-hydrogen) atoms. The van der Waals surface area contributed by atoms with E-state index in [1.807, 2.05) is 0 Å². The summed E-state index contributed by atoms with van der Waals surface area (Å²) < 4.78 is 0. The predicted molar refractivity (Wildman–Crippen MR) is 75.9 cm³/mol. The van der Waals surface area contributed by atoms with E-state index >= 15 is 0 Å². The Morgan fingerprint density at radius 2 is 2.11 bits per heavy atom. The number of nitrogens with one attached hydrogen (secondary N) is 1. The number of hydrogen-bond acceptors (Lipinski definition) is 2. The predicted octanol–water partition coefficient (Wildman–Crippen LogP) is 2.15. The maximum absolute atomic E-state index is 12.1. The molecule has 2 aliphatic carbocycles. The van der Waals surface area contributed by atoms with Gasteiger partial charge in [-0.1, -0.05) is 38.2 Å². The van der Waals surface area contributed by atoms with Crippen LogP contribution in [0, 0.1) is 11.8 Å². The lowest BCUT2D eigenvalue weighted by Crippen LogP contribution is -2.43. The summed E-state index contributed by atoms with van der Waals surface area (Å²) in [6.45, 7) is 4.51. The van der Waals surface area contributed by atoms with E-state index in [1.54, 1.807) is 11.0 Å². The molecule has 2 N–H and O–H groups in total. The standard InChI is InChI=1S/C15H26N2O2/c1-2-8-17(9-10-18)15(19)16-14-11-13(14)12-6-4-3-5-7-12/h2,12-14,18H,1,3-11H2,(H,16,19)/t13-,14-/m1/s1. The zero-order valence-electron chi connectivity index (χ0n) is 11.7. The zero-order chi connectivity index (χ0) is 13.7. The molecule has 0 heterocycles. The average Bonchev–Trinajstić information content (AvgIpc) is 3.19. The van der Waals surface area contributed by atoms with E-state index in [4.69, 9.17) is 5.11 Å². The van der Waals surface area contributed by atoms with Gasteiger partial charge in [0.05, 0.1) is 6.61 Å². The number of rotatable bonds is 6. The molecule has 2 saturated carbocycles. The summed E-state index contributed by atoms with van der Waals surface area (Å²) in [5.41, 5.74) is 0. The van der Waals surface area contributed by atoms with Crippen molar-refractivity contribution in [3.05, 3.63) is 12.7 Å². The second-order valence-electron chi connectivity index (χ2n) is 5.81. The van der Waals surface area contributed by atoms with Crippen LogP contribution >= 0.6 is 0 Å². The van der Waals surface area contributed by atoms with Crippen LogP contribution in [0.25, 0.3) is 0 Å². The molecule has 2 rings (SSSR count). The Bertz CT molecular complexity index is 313. The topological polar surface area (TPSA) is 52.6 Å². The van der Waals surface area contributed by atoms with Gasteiger partial charge in [0.25, 0.3) is 0 Å². The third-order valence-corrected chi connectivity index (χ3v) is 4.41. The fourth-order valence-electron chi connectivity index (χ4n) is 3.27. The minimum atomic E-state index is -0.0581. The van der Waals surface area contributed by atoms with Gasteiger partial charge >= 0.3 is 6.03 Å². The molecule has 0 bridgehead atoms. The number of aliphatic hydroxyl groups is 1. The summed E-state index contributed by atoms with van der Waals surface area (Å²) in [7, 11) is 0. The van der Waals surface area contributed by atoms with Crippen molar-refractivity contribution >= 4 is 6.03 Å². The van der Waals surface area contributed by atoms with Gasteiger partial charge in [0.2, 0.25) is 0 Å².